The number of nitrogens with one attached hydrogen (secondary N) is 1. The van der Waals surface area contributed by atoms with Gasteiger partial charge in [-0.3, -0.25) is 14.3 Å². The fraction of sp³-hybridized carbons (Fsp3) is 0.706. The minimum atomic E-state index is -0.119. The normalized spacial score (nSPS) is 21.8. The van der Waals surface area contributed by atoms with Crippen molar-refractivity contribution >= 4 is 11.8 Å². The molecule has 1 saturated carbocycles. The van der Waals surface area contributed by atoms with E-state index < -0.39 is 0 Å². The van der Waals surface area contributed by atoms with Crippen LogP contribution in [0.4, 0.5) is 0 Å². The Bertz CT molecular complexity index is 607. The average molecular weight is 334 g/mol. The molecule has 1 atom stereocenters. The van der Waals surface area contributed by atoms with Crippen LogP contribution in [-0.2, 0) is 11.8 Å². The van der Waals surface area contributed by atoms with Gasteiger partial charge in [0.05, 0.1) is 13.0 Å². The maximum Gasteiger partial charge on any atom is 0.260 e. The number of hydrogen-bond donors (Lipinski definition) is 1. The summed E-state index contributed by atoms with van der Waals surface area (Å²) in [6, 6.07) is 0.321. The Labute approximate surface area is 142 Å². The zero-order valence-corrected chi connectivity index (χ0v) is 14.5. The number of nitrogens with zero attached hydrogens (tertiary/aromatic N) is 3. The van der Waals surface area contributed by atoms with E-state index in [2.05, 4.69) is 10.4 Å². The highest BCUT2D eigenvalue weighted by molar-refractivity contribution is 5.96. The van der Waals surface area contributed by atoms with E-state index >= 15 is 0 Å². The molecule has 132 valence electrons. The molecule has 0 unspecified atom stereocenters. The van der Waals surface area contributed by atoms with Gasteiger partial charge in [-0.25, -0.2) is 0 Å². The van der Waals surface area contributed by atoms with Gasteiger partial charge in [0.25, 0.3) is 5.91 Å². The molecule has 7 nitrogen and oxygen atoms in total. The van der Waals surface area contributed by atoms with Gasteiger partial charge in [0.2, 0.25) is 11.8 Å². The number of hydrogen-bond acceptors (Lipinski definition) is 4. The predicted octanol–water partition coefficient (Wildman–Crippen LogP) is 1.34. The van der Waals surface area contributed by atoms with Gasteiger partial charge < -0.3 is 15.0 Å². The molecular weight excluding hydrogens is 308 g/mol. The third kappa shape index (κ3) is 3.55. The summed E-state index contributed by atoms with van der Waals surface area (Å²) >= 11 is 0. The number of methoxy groups -OCH3 is 1. The van der Waals surface area contributed by atoms with Gasteiger partial charge in [0.1, 0.15) is 5.56 Å². The van der Waals surface area contributed by atoms with Gasteiger partial charge >= 0.3 is 0 Å². The van der Waals surface area contributed by atoms with E-state index in [9.17, 15) is 9.59 Å². The Morgan fingerprint density at radius 3 is 2.71 bits per heavy atom. The molecule has 7 heteroatoms. The lowest BCUT2D eigenvalue weighted by atomic mass is 9.96. The van der Waals surface area contributed by atoms with Gasteiger partial charge in [0.15, 0.2) is 0 Å². The molecule has 2 amide bonds. The van der Waals surface area contributed by atoms with Gasteiger partial charge in [-0.2, -0.15) is 0 Å². The fourth-order valence-electron chi connectivity index (χ4n) is 3.70. The molecule has 24 heavy (non-hydrogen) atoms. The molecule has 1 aliphatic carbocycles. The number of carbonyl (C=O) groups excluding carboxylic acids is 2. The average Bonchev–Trinajstić information content (AvgIpc) is 3.23. The van der Waals surface area contributed by atoms with Crippen molar-refractivity contribution in [3.05, 3.63) is 11.8 Å². The third-order valence-electron chi connectivity index (χ3n) is 5.00. The molecule has 0 bridgehead atoms. The van der Waals surface area contributed by atoms with Crippen molar-refractivity contribution in [2.45, 2.75) is 44.6 Å². The number of likely N-dealkylation sites (tertiary alicyclic amines) is 1. The summed E-state index contributed by atoms with van der Waals surface area (Å²) in [6.45, 7) is 1.14. The molecule has 2 fully saturated rings. The zero-order valence-electron chi connectivity index (χ0n) is 14.5. The summed E-state index contributed by atoms with van der Waals surface area (Å²) in [5.41, 5.74) is 0.455. The highest BCUT2D eigenvalue weighted by Crippen LogP contribution is 2.24. The molecule has 1 aromatic rings. The summed E-state index contributed by atoms with van der Waals surface area (Å²) in [5.74, 6) is 0.196. The first-order chi connectivity index (χ1) is 11.6. The standard InChI is InChI=1S/C17H26N4O3/c1-20-11-14(16(19-20)24-2)17(23)21-9-5-6-12(10-21)15(22)18-13-7-3-4-8-13/h11-13H,3-10H2,1-2H3,(H,18,22)/t12-/m1/s1. The van der Waals surface area contributed by atoms with Crippen LogP contribution < -0.4 is 10.1 Å². The molecule has 1 aliphatic heterocycles. The van der Waals surface area contributed by atoms with Crippen LogP contribution in [0.1, 0.15) is 48.9 Å². The lowest BCUT2D eigenvalue weighted by Gasteiger charge is -2.32. The first kappa shape index (κ1) is 16.8. The molecule has 2 heterocycles. The molecule has 1 N–H and O–H groups in total. The molecule has 0 radical (unpaired) electrons. The number of aryl methyl sites for hydroxylation is 1. The maximum absolute atomic E-state index is 12.8. The van der Waals surface area contributed by atoms with Crippen LogP contribution in [0.3, 0.4) is 0 Å². The monoisotopic (exact) mass is 334 g/mol. The number of ether oxygens (including phenoxy) is 1. The van der Waals surface area contributed by atoms with Crippen LogP contribution in [0.15, 0.2) is 6.20 Å². The first-order valence-corrected chi connectivity index (χ1v) is 8.75. The maximum atomic E-state index is 12.8. The molecular formula is C17H26N4O3. The van der Waals surface area contributed by atoms with Gasteiger partial charge in [-0.15, -0.1) is 5.10 Å². The smallest absolute Gasteiger partial charge is 0.260 e. The molecule has 0 spiro atoms. The highest BCUT2D eigenvalue weighted by atomic mass is 16.5. The second-order valence-electron chi connectivity index (χ2n) is 6.81. The number of amides is 2. The van der Waals surface area contributed by atoms with Crippen LogP contribution in [0.2, 0.25) is 0 Å². The SMILES string of the molecule is COc1nn(C)cc1C(=O)N1CCC[C@@H](C(=O)NC2CCCC2)C1. The minimum Gasteiger partial charge on any atom is -0.479 e. The van der Waals surface area contributed by atoms with Gasteiger partial charge in [0, 0.05) is 32.4 Å². The quantitative estimate of drug-likeness (QED) is 0.901. The van der Waals surface area contributed by atoms with Crippen LogP contribution in [0.5, 0.6) is 5.88 Å². The second kappa shape index (κ2) is 7.23. The largest absolute Gasteiger partial charge is 0.479 e. The van der Waals surface area contributed by atoms with Gasteiger partial charge in [-0.05, 0) is 25.7 Å². The van der Waals surface area contributed by atoms with E-state index in [1.807, 2.05) is 0 Å². The first-order valence-electron chi connectivity index (χ1n) is 8.75. The van der Waals surface area contributed by atoms with E-state index in [4.69, 9.17) is 4.74 Å². The summed E-state index contributed by atoms with van der Waals surface area (Å²) in [5, 5.41) is 7.29. The molecule has 1 saturated heterocycles. The summed E-state index contributed by atoms with van der Waals surface area (Å²) in [4.78, 5) is 27.0. The Morgan fingerprint density at radius 1 is 1.25 bits per heavy atom. The Kier molecular flexibility index (Phi) is 5.06. The Morgan fingerprint density at radius 2 is 2.00 bits per heavy atom. The van der Waals surface area contributed by atoms with E-state index in [1.54, 1.807) is 22.8 Å². The van der Waals surface area contributed by atoms with Crippen molar-refractivity contribution in [3.63, 3.8) is 0 Å². The van der Waals surface area contributed by atoms with Crippen LogP contribution >= 0.6 is 0 Å². The van der Waals surface area contributed by atoms with Crippen molar-refractivity contribution in [1.29, 1.82) is 0 Å². The fourth-order valence-corrected chi connectivity index (χ4v) is 3.70. The van der Waals surface area contributed by atoms with Crippen molar-refractivity contribution in [2.24, 2.45) is 13.0 Å². The third-order valence-corrected chi connectivity index (χ3v) is 5.00. The summed E-state index contributed by atoms with van der Waals surface area (Å²) in [6.07, 6.45) is 7.90. The topological polar surface area (TPSA) is 76.5 Å². The molecule has 1 aromatic heterocycles. The van der Waals surface area contributed by atoms with E-state index in [0.717, 1.165) is 25.7 Å². The van der Waals surface area contributed by atoms with Gasteiger partial charge in [-0.1, -0.05) is 12.8 Å². The molecule has 2 aliphatic rings. The van der Waals surface area contributed by atoms with Crippen molar-refractivity contribution in [3.8, 4) is 5.88 Å². The number of rotatable bonds is 4. The Balaban J connectivity index is 1.64. The minimum absolute atomic E-state index is 0.0950. The van der Waals surface area contributed by atoms with Crippen molar-refractivity contribution < 1.29 is 14.3 Å². The zero-order chi connectivity index (χ0) is 17.1. The Hall–Kier alpha value is -2.05. The summed E-state index contributed by atoms with van der Waals surface area (Å²) < 4.78 is 6.75. The summed E-state index contributed by atoms with van der Waals surface area (Å²) in [7, 11) is 3.26. The second-order valence-corrected chi connectivity index (χ2v) is 6.81. The predicted molar refractivity (Wildman–Crippen MR) is 88.8 cm³/mol. The van der Waals surface area contributed by atoms with E-state index in [-0.39, 0.29) is 17.7 Å². The number of aromatic nitrogens is 2. The highest BCUT2D eigenvalue weighted by Gasteiger charge is 2.32. The molecule has 3 rings (SSSR count). The number of piperidine rings is 1. The lowest BCUT2D eigenvalue weighted by Crippen LogP contribution is -2.47. The van der Waals surface area contributed by atoms with Crippen LogP contribution in [-0.4, -0.2) is 52.7 Å². The number of carbonyl (C=O) groups is 2. The van der Waals surface area contributed by atoms with Crippen LogP contribution in [0, 0.1) is 5.92 Å². The lowest BCUT2D eigenvalue weighted by molar-refractivity contribution is -0.127. The van der Waals surface area contributed by atoms with Crippen LogP contribution in [0.25, 0.3) is 0 Å². The molecule has 0 aromatic carbocycles. The van der Waals surface area contributed by atoms with Crippen molar-refractivity contribution in [2.75, 3.05) is 20.2 Å². The van der Waals surface area contributed by atoms with Crippen molar-refractivity contribution in [1.82, 2.24) is 20.0 Å². The van der Waals surface area contributed by atoms with E-state index in [0.29, 0.717) is 30.6 Å². The van der Waals surface area contributed by atoms with E-state index in [1.165, 1.54) is 20.0 Å².